The molecule has 2 aromatic rings. The monoisotopic (exact) mass is 411 g/mol. The fourth-order valence-electron chi connectivity index (χ4n) is 4.20. The zero-order valence-electron chi connectivity index (χ0n) is 16.7. The number of hydrogen-bond donors (Lipinski definition) is 0. The van der Waals surface area contributed by atoms with E-state index in [1.165, 1.54) is 22.6 Å². The fourth-order valence-corrected chi connectivity index (χ4v) is 4.52. The molecule has 1 aliphatic heterocycles. The summed E-state index contributed by atoms with van der Waals surface area (Å²) in [4.78, 5) is 41.3. The molecule has 0 aromatic carbocycles. The maximum atomic E-state index is 12.1. The third kappa shape index (κ3) is 4.42. The lowest BCUT2D eigenvalue weighted by molar-refractivity contribution is -0.116. The van der Waals surface area contributed by atoms with E-state index in [1.807, 2.05) is 30.8 Å². The molecule has 7 nitrogen and oxygen atoms in total. The fraction of sp³-hybridized carbons (Fsp3) is 0.476. The van der Waals surface area contributed by atoms with Crippen LogP contribution in [0.3, 0.4) is 0 Å². The minimum atomic E-state index is -0.295. The minimum Gasteiger partial charge on any atom is -0.318 e. The number of imide groups is 1. The van der Waals surface area contributed by atoms with Crippen LogP contribution in [0.5, 0.6) is 0 Å². The molecule has 2 atom stereocenters. The third-order valence-electron chi connectivity index (χ3n) is 5.74. The van der Waals surface area contributed by atoms with Gasteiger partial charge in [0, 0.05) is 36.5 Å². The van der Waals surface area contributed by atoms with Crippen LogP contribution < -0.4 is 4.90 Å². The van der Waals surface area contributed by atoms with Crippen LogP contribution in [0.2, 0.25) is 0 Å². The van der Waals surface area contributed by atoms with Crippen LogP contribution in [0.25, 0.3) is 0 Å². The standard InChI is InChI=1S/C21H25N5O2S/c1-25-13-20(27)26(21(25)28)17-6-5-16(22-10-17)8-14-3-4-15(7-14)9-19-23-11-18(29-2)12-24-19/h5-6,10-12,14-15H,3-4,7-9,13H2,1-2H3/t14-,15-/m0/s1. The van der Waals surface area contributed by atoms with Crippen molar-refractivity contribution in [3.63, 3.8) is 0 Å². The molecule has 0 radical (unpaired) electrons. The summed E-state index contributed by atoms with van der Waals surface area (Å²) in [5.41, 5.74) is 1.55. The lowest BCUT2D eigenvalue weighted by atomic mass is 9.97. The molecular weight excluding hydrogens is 386 g/mol. The molecule has 1 saturated carbocycles. The summed E-state index contributed by atoms with van der Waals surface area (Å²) in [6.07, 6.45) is 12.9. The highest BCUT2D eigenvalue weighted by atomic mass is 32.2. The molecule has 3 heterocycles. The van der Waals surface area contributed by atoms with Gasteiger partial charge >= 0.3 is 6.03 Å². The average Bonchev–Trinajstić information content (AvgIpc) is 3.26. The minimum absolute atomic E-state index is 0.119. The van der Waals surface area contributed by atoms with Gasteiger partial charge in [0.1, 0.15) is 12.4 Å². The number of aromatic nitrogens is 3. The second-order valence-corrected chi connectivity index (χ2v) is 8.75. The maximum absolute atomic E-state index is 12.1. The number of pyridine rings is 1. The third-order valence-corrected chi connectivity index (χ3v) is 6.43. The van der Waals surface area contributed by atoms with Gasteiger partial charge in [-0.3, -0.25) is 9.78 Å². The average molecular weight is 412 g/mol. The molecular formula is C21H25N5O2S. The van der Waals surface area contributed by atoms with Crippen LogP contribution in [-0.4, -0.2) is 51.6 Å². The second-order valence-electron chi connectivity index (χ2n) is 7.87. The van der Waals surface area contributed by atoms with Gasteiger partial charge in [0.15, 0.2) is 0 Å². The molecule has 0 spiro atoms. The number of amides is 3. The molecule has 0 bridgehead atoms. The van der Waals surface area contributed by atoms with Gasteiger partial charge in [-0.25, -0.2) is 19.7 Å². The van der Waals surface area contributed by atoms with E-state index in [2.05, 4.69) is 15.0 Å². The maximum Gasteiger partial charge on any atom is 0.331 e. The van der Waals surface area contributed by atoms with Gasteiger partial charge in [-0.15, -0.1) is 11.8 Å². The molecule has 1 saturated heterocycles. The summed E-state index contributed by atoms with van der Waals surface area (Å²) < 4.78 is 0. The topological polar surface area (TPSA) is 79.3 Å². The number of hydrogen-bond acceptors (Lipinski definition) is 6. The van der Waals surface area contributed by atoms with Crippen LogP contribution in [0, 0.1) is 11.8 Å². The zero-order chi connectivity index (χ0) is 20.4. The SMILES string of the molecule is CSc1cnc(C[C@H]2CC[C@H](Cc3ccc(N4C(=O)CN(C)C4=O)cn3)C2)nc1. The first-order valence-electron chi connectivity index (χ1n) is 9.91. The number of nitrogens with zero attached hydrogens (tertiary/aromatic N) is 5. The van der Waals surface area contributed by atoms with Crippen molar-refractivity contribution in [1.82, 2.24) is 19.9 Å². The normalized spacial score (nSPS) is 22.0. The Hall–Kier alpha value is -2.48. The summed E-state index contributed by atoms with van der Waals surface area (Å²) in [5.74, 6) is 1.94. The Morgan fingerprint density at radius 3 is 2.34 bits per heavy atom. The first kappa shape index (κ1) is 19.8. The Balaban J connectivity index is 1.32. The molecule has 2 aliphatic rings. The summed E-state index contributed by atoms with van der Waals surface area (Å²) in [7, 11) is 1.63. The van der Waals surface area contributed by atoms with Crippen LogP contribution in [0.1, 0.15) is 30.8 Å². The van der Waals surface area contributed by atoms with Crippen molar-refractivity contribution in [2.45, 2.75) is 37.0 Å². The Morgan fingerprint density at radius 2 is 1.76 bits per heavy atom. The van der Waals surface area contributed by atoms with Crippen molar-refractivity contribution >= 4 is 29.4 Å². The molecule has 0 N–H and O–H groups in total. The van der Waals surface area contributed by atoms with Gasteiger partial charge in [0.05, 0.1) is 11.9 Å². The van der Waals surface area contributed by atoms with Gasteiger partial charge < -0.3 is 4.90 Å². The predicted molar refractivity (Wildman–Crippen MR) is 112 cm³/mol. The van der Waals surface area contributed by atoms with E-state index in [-0.39, 0.29) is 18.5 Å². The largest absolute Gasteiger partial charge is 0.331 e. The van der Waals surface area contributed by atoms with Gasteiger partial charge in [0.25, 0.3) is 5.91 Å². The highest BCUT2D eigenvalue weighted by molar-refractivity contribution is 7.98. The summed E-state index contributed by atoms with van der Waals surface area (Å²) >= 11 is 1.66. The van der Waals surface area contributed by atoms with Crippen LogP contribution >= 0.6 is 11.8 Å². The molecule has 2 fully saturated rings. The Labute approximate surface area is 174 Å². The van der Waals surface area contributed by atoms with E-state index in [0.29, 0.717) is 17.5 Å². The predicted octanol–water partition coefficient (Wildman–Crippen LogP) is 3.19. The van der Waals surface area contributed by atoms with Gasteiger partial charge in [-0.2, -0.15) is 0 Å². The Bertz CT molecular complexity index is 887. The number of carbonyl (C=O) groups excluding carboxylic acids is 2. The van der Waals surface area contributed by atoms with E-state index in [4.69, 9.17) is 0 Å². The van der Waals surface area contributed by atoms with Gasteiger partial charge in [-0.05, 0) is 55.9 Å². The summed E-state index contributed by atoms with van der Waals surface area (Å²) in [6.45, 7) is 0.119. The van der Waals surface area contributed by atoms with Crippen molar-refractivity contribution < 1.29 is 9.59 Å². The molecule has 3 amide bonds. The number of rotatable bonds is 6. The quantitative estimate of drug-likeness (QED) is 0.537. The lowest BCUT2D eigenvalue weighted by Crippen LogP contribution is -2.31. The number of carbonyl (C=O) groups is 2. The summed E-state index contributed by atoms with van der Waals surface area (Å²) in [5, 5.41) is 0. The van der Waals surface area contributed by atoms with Gasteiger partial charge in [0.2, 0.25) is 0 Å². The van der Waals surface area contributed by atoms with Crippen molar-refractivity contribution in [3.8, 4) is 0 Å². The van der Waals surface area contributed by atoms with Crippen molar-refractivity contribution in [1.29, 1.82) is 0 Å². The smallest absolute Gasteiger partial charge is 0.318 e. The molecule has 1 aliphatic carbocycles. The number of anilines is 1. The van der Waals surface area contributed by atoms with E-state index >= 15 is 0 Å². The number of likely N-dealkylation sites (N-methyl/N-ethyl adjacent to an activating group) is 1. The highest BCUT2D eigenvalue weighted by Gasteiger charge is 2.35. The van der Waals surface area contributed by atoms with Gasteiger partial charge in [-0.1, -0.05) is 0 Å². The highest BCUT2D eigenvalue weighted by Crippen LogP contribution is 2.35. The molecule has 2 aromatic heterocycles. The summed E-state index contributed by atoms with van der Waals surface area (Å²) in [6, 6.07) is 3.47. The van der Waals surface area contributed by atoms with E-state index in [0.717, 1.165) is 35.7 Å². The Morgan fingerprint density at radius 1 is 1.03 bits per heavy atom. The van der Waals surface area contributed by atoms with E-state index in [1.54, 1.807) is 25.0 Å². The molecule has 0 unspecified atom stereocenters. The molecule has 4 rings (SSSR count). The Kier molecular flexibility index (Phi) is 5.80. The van der Waals surface area contributed by atoms with Crippen LogP contribution in [0.15, 0.2) is 35.6 Å². The molecule has 152 valence electrons. The van der Waals surface area contributed by atoms with E-state index < -0.39 is 0 Å². The second kappa shape index (κ2) is 8.49. The van der Waals surface area contributed by atoms with Crippen molar-refractivity contribution in [3.05, 3.63) is 42.2 Å². The molecule has 8 heteroatoms. The van der Waals surface area contributed by atoms with Crippen LogP contribution in [-0.2, 0) is 17.6 Å². The van der Waals surface area contributed by atoms with Crippen molar-refractivity contribution in [2.75, 3.05) is 24.7 Å². The molecule has 29 heavy (non-hydrogen) atoms. The first-order valence-corrected chi connectivity index (χ1v) is 11.1. The zero-order valence-corrected chi connectivity index (χ0v) is 17.6. The first-order chi connectivity index (χ1) is 14.0. The number of urea groups is 1. The lowest BCUT2D eigenvalue weighted by Gasteiger charge is -2.15. The number of thioether (sulfide) groups is 1. The van der Waals surface area contributed by atoms with E-state index in [9.17, 15) is 9.59 Å². The van der Waals surface area contributed by atoms with Crippen molar-refractivity contribution in [2.24, 2.45) is 11.8 Å². The van der Waals surface area contributed by atoms with Crippen LogP contribution in [0.4, 0.5) is 10.5 Å².